The van der Waals surface area contributed by atoms with Crippen molar-refractivity contribution in [1.82, 2.24) is 25.2 Å². The molecule has 0 radical (unpaired) electrons. The highest BCUT2D eigenvalue weighted by atomic mass is 19.1. The molecule has 4 atom stereocenters. The lowest BCUT2D eigenvalue weighted by atomic mass is 9.95. The number of fused-ring (bicyclic) bond motifs is 5. The van der Waals surface area contributed by atoms with E-state index < -0.39 is 12.0 Å². The number of phenols is 1. The van der Waals surface area contributed by atoms with Crippen LogP contribution in [-0.2, 0) is 0 Å². The van der Waals surface area contributed by atoms with Crippen LogP contribution in [0.2, 0.25) is 0 Å². The van der Waals surface area contributed by atoms with Gasteiger partial charge in [0, 0.05) is 49.1 Å². The van der Waals surface area contributed by atoms with Crippen molar-refractivity contribution in [1.29, 1.82) is 0 Å². The molecule has 0 spiro atoms. The third-order valence-corrected chi connectivity index (χ3v) is 10.0. The summed E-state index contributed by atoms with van der Waals surface area (Å²) in [5.74, 6) is 2.76. The summed E-state index contributed by atoms with van der Waals surface area (Å²) in [7, 11) is 0. The highest BCUT2D eigenvalue weighted by Crippen LogP contribution is 2.42. The summed E-state index contributed by atoms with van der Waals surface area (Å²) in [4.78, 5) is 19.3. The van der Waals surface area contributed by atoms with Crippen LogP contribution < -0.4 is 15.0 Å². The Morgan fingerprint density at radius 1 is 1.11 bits per heavy atom. The van der Waals surface area contributed by atoms with E-state index in [0.717, 1.165) is 56.5 Å². The molecule has 6 heterocycles. The summed E-state index contributed by atoms with van der Waals surface area (Å²) in [6.45, 7) is 5.19. The number of piperazine rings is 1. The van der Waals surface area contributed by atoms with Crippen molar-refractivity contribution in [3.8, 4) is 35.4 Å². The van der Waals surface area contributed by atoms with Crippen LogP contribution in [0.25, 0.3) is 32.9 Å². The van der Waals surface area contributed by atoms with Gasteiger partial charge in [0.2, 0.25) is 0 Å². The van der Waals surface area contributed by atoms with Crippen LogP contribution in [0.3, 0.4) is 0 Å². The smallest absolute Gasteiger partial charge is 0.319 e. The molecule has 4 saturated heterocycles. The molecule has 0 saturated carbocycles. The number of benzene rings is 2. The second-order valence-corrected chi connectivity index (χ2v) is 12.9. The SMILES string of the molecule is C#Cc1c(F)ccc2cc(O)cc(-c3cc4nc(OC[C@@]56CCCN5C[C@H](F)C6)nc(N5CC6CCC(C5)N6)c4c(C)n3)c12. The van der Waals surface area contributed by atoms with Crippen LogP contribution in [0.1, 0.15) is 43.4 Å². The number of phenolic OH excluding ortho intramolecular Hbond substituents is 1. The molecule has 8 nitrogen and oxygen atoms in total. The quantitative estimate of drug-likeness (QED) is 0.316. The van der Waals surface area contributed by atoms with Gasteiger partial charge in [0.15, 0.2) is 0 Å². The number of rotatable bonds is 5. The van der Waals surface area contributed by atoms with Crippen LogP contribution in [0.5, 0.6) is 11.8 Å². The predicted octanol–water partition coefficient (Wildman–Crippen LogP) is 4.88. The van der Waals surface area contributed by atoms with Gasteiger partial charge >= 0.3 is 6.01 Å². The van der Waals surface area contributed by atoms with Gasteiger partial charge in [-0.3, -0.25) is 9.88 Å². The summed E-state index contributed by atoms with van der Waals surface area (Å²) in [6.07, 6.45) is 9.52. The number of ether oxygens (including phenoxy) is 1. The summed E-state index contributed by atoms with van der Waals surface area (Å²) < 4.78 is 35.7. The van der Waals surface area contributed by atoms with Crippen LogP contribution in [0.4, 0.5) is 14.6 Å². The van der Waals surface area contributed by atoms with E-state index in [2.05, 4.69) is 21.0 Å². The van der Waals surface area contributed by atoms with E-state index in [9.17, 15) is 13.9 Å². The molecule has 8 rings (SSSR count). The second-order valence-electron chi connectivity index (χ2n) is 12.9. The number of nitrogens with one attached hydrogen (secondary N) is 1. The van der Waals surface area contributed by atoms with Crippen LogP contribution in [0.15, 0.2) is 30.3 Å². The zero-order chi connectivity index (χ0) is 30.2. The van der Waals surface area contributed by atoms with E-state index in [1.807, 2.05) is 13.0 Å². The zero-order valence-corrected chi connectivity index (χ0v) is 24.6. The molecule has 0 amide bonds. The summed E-state index contributed by atoms with van der Waals surface area (Å²) in [5.41, 5.74) is 2.14. The van der Waals surface area contributed by atoms with Gasteiger partial charge in [-0.2, -0.15) is 9.97 Å². The van der Waals surface area contributed by atoms with Gasteiger partial charge in [-0.15, -0.1) is 6.42 Å². The highest BCUT2D eigenvalue weighted by molar-refractivity contribution is 6.03. The Balaban J connectivity index is 1.27. The maximum absolute atomic E-state index is 14.9. The van der Waals surface area contributed by atoms with E-state index >= 15 is 0 Å². The number of terminal acetylenes is 1. The normalized spacial score (nSPS) is 26.4. The maximum atomic E-state index is 14.9. The molecular weight excluding hydrogens is 562 g/mol. The molecule has 10 heteroatoms. The Bertz CT molecular complexity index is 1850. The molecule has 4 aliphatic rings. The molecular formula is C34H34F2N6O2. The third-order valence-electron chi connectivity index (χ3n) is 10.0. The van der Waals surface area contributed by atoms with Gasteiger partial charge in [-0.1, -0.05) is 12.0 Å². The molecule has 4 aromatic rings. The van der Waals surface area contributed by atoms with Crippen LogP contribution in [0, 0.1) is 25.1 Å². The van der Waals surface area contributed by atoms with Crippen LogP contribution >= 0.6 is 0 Å². The molecule has 2 bridgehead atoms. The predicted molar refractivity (Wildman–Crippen MR) is 165 cm³/mol. The first kappa shape index (κ1) is 27.5. The molecule has 4 aliphatic heterocycles. The van der Waals surface area contributed by atoms with Crippen molar-refractivity contribution in [3.05, 3.63) is 47.4 Å². The number of pyridine rings is 1. The minimum absolute atomic E-state index is 0.0217. The van der Waals surface area contributed by atoms with E-state index in [-0.39, 0.29) is 22.9 Å². The van der Waals surface area contributed by atoms with Gasteiger partial charge in [-0.25, -0.2) is 8.78 Å². The van der Waals surface area contributed by atoms with Crippen molar-refractivity contribution in [2.45, 2.75) is 62.8 Å². The summed E-state index contributed by atoms with van der Waals surface area (Å²) in [5, 5.41) is 16.2. The number of nitrogens with zero attached hydrogens (tertiary/aromatic N) is 5. The average Bonchev–Trinajstić information content (AvgIpc) is 3.65. The fourth-order valence-corrected chi connectivity index (χ4v) is 8.11. The number of alkyl halides is 1. The van der Waals surface area contributed by atoms with Gasteiger partial charge in [0.25, 0.3) is 0 Å². The Morgan fingerprint density at radius 3 is 2.73 bits per heavy atom. The first-order valence-electron chi connectivity index (χ1n) is 15.4. The topological polar surface area (TPSA) is 86.6 Å². The van der Waals surface area contributed by atoms with E-state index in [4.69, 9.17) is 26.1 Å². The highest BCUT2D eigenvalue weighted by Gasteiger charge is 2.49. The molecule has 2 aromatic heterocycles. The Hall–Kier alpha value is -4.07. The van der Waals surface area contributed by atoms with Crippen molar-refractivity contribution in [3.63, 3.8) is 0 Å². The molecule has 0 aliphatic carbocycles. The van der Waals surface area contributed by atoms with Gasteiger partial charge in [0.1, 0.15) is 30.2 Å². The largest absolute Gasteiger partial charge is 0.508 e. The number of aromatic hydroxyl groups is 1. The molecule has 44 heavy (non-hydrogen) atoms. The summed E-state index contributed by atoms with van der Waals surface area (Å²) in [6, 6.07) is 8.89. The monoisotopic (exact) mass is 596 g/mol. The third kappa shape index (κ3) is 4.44. The summed E-state index contributed by atoms with van der Waals surface area (Å²) >= 11 is 0. The molecule has 2 aromatic carbocycles. The maximum Gasteiger partial charge on any atom is 0.319 e. The average molecular weight is 597 g/mol. The van der Waals surface area contributed by atoms with Crippen molar-refractivity contribution in [2.75, 3.05) is 37.7 Å². The number of hydrogen-bond acceptors (Lipinski definition) is 8. The number of hydrogen-bond donors (Lipinski definition) is 2. The fraction of sp³-hybridized carbons (Fsp3) is 0.441. The lowest BCUT2D eigenvalue weighted by Crippen LogP contribution is -2.51. The van der Waals surface area contributed by atoms with Crippen LogP contribution in [-0.4, -0.2) is 81.5 Å². The van der Waals surface area contributed by atoms with E-state index in [0.29, 0.717) is 64.9 Å². The van der Waals surface area contributed by atoms with E-state index in [1.54, 1.807) is 18.2 Å². The number of halogens is 2. The first-order valence-corrected chi connectivity index (χ1v) is 15.4. The standard InChI is InChI=1S/C34H34F2N6O2/c1-3-25-27(36)8-5-20-11-24(43)12-26(31(20)25)28-13-29-30(19(2)37-28)32(41-16-22-6-7-23(17-41)38-22)40-33(39-29)44-18-34-9-4-10-42(34)15-21(35)14-34/h1,5,8,11-13,21-23,38,43H,4,6-7,9-10,14-18H2,2H3/t21-,22?,23?,34+/m1/s1. The second kappa shape index (κ2) is 10.2. The molecule has 4 fully saturated rings. The lowest BCUT2D eigenvalue weighted by Gasteiger charge is -2.35. The molecule has 226 valence electrons. The van der Waals surface area contributed by atoms with Gasteiger partial charge in [-0.05, 0) is 68.8 Å². The molecule has 2 unspecified atom stereocenters. The zero-order valence-electron chi connectivity index (χ0n) is 24.6. The first-order chi connectivity index (χ1) is 21.3. The lowest BCUT2D eigenvalue weighted by molar-refractivity contribution is 0.107. The minimum atomic E-state index is -0.852. The Morgan fingerprint density at radius 2 is 1.93 bits per heavy atom. The van der Waals surface area contributed by atoms with Crippen molar-refractivity contribution >= 4 is 27.5 Å². The van der Waals surface area contributed by atoms with Gasteiger partial charge in [0.05, 0.1) is 33.4 Å². The van der Waals surface area contributed by atoms with E-state index in [1.165, 1.54) is 6.07 Å². The Kier molecular flexibility index (Phi) is 6.40. The Labute approximate surface area is 254 Å². The van der Waals surface area contributed by atoms with Crippen molar-refractivity contribution in [2.24, 2.45) is 0 Å². The minimum Gasteiger partial charge on any atom is -0.508 e. The number of aromatic nitrogens is 3. The fourth-order valence-electron chi connectivity index (χ4n) is 8.11. The van der Waals surface area contributed by atoms with Crippen molar-refractivity contribution < 1.29 is 18.6 Å². The number of anilines is 1. The van der Waals surface area contributed by atoms with Gasteiger partial charge < -0.3 is 20.1 Å². The molecule has 2 N–H and O–H groups in total. The number of aryl methyl sites for hydroxylation is 1.